The number of amides is 2. The minimum Gasteiger partial charge on any atom is -0.345 e. The normalized spacial score (nSPS) is 14.6. The van der Waals surface area contributed by atoms with E-state index in [0.717, 1.165) is 44.6 Å². The van der Waals surface area contributed by atoms with Gasteiger partial charge in [0.25, 0.3) is 0 Å². The second-order valence-electron chi connectivity index (χ2n) is 6.66. The van der Waals surface area contributed by atoms with E-state index in [1.165, 1.54) is 0 Å². The Balaban J connectivity index is 1.37. The quantitative estimate of drug-likeness (QED) is 0.713. The molecule has 1 aliphatic rings. The summed E-state index contributed by atoms with van der Waals surface area (Å²) in [6.07, 6.45) is 0. The van der Waals surface area contributed by atoms with Crippen molar-refractivity contribution >= 4 is 44.3 Å². The molecule has 3 aromatic rings. The summed E-state index contributed by atoms with van der Waals surface area (Å²) in [5.41, 5.74) is 3.22. The van der Waals surface area contributed by atoms with Gasteiger partial charge < -0.3 is 15.1 Å². The molecule has 0 saturated carbocycles. The fraction of sp³-hybridized carbons (Fsp3) is 0.300. The summed E-state index contributed by atoms with van der Waals surface area (Å²) in [7, 11) is 0. The monoisotopic (exact) mass is 400 g/mol. The van der Waals surface area contributed by atoms with Crippen molar-refractivity contribution in [3.63, 3.8) is 0 Å². The van der Waals surface area contributed by atoms with Crippen molar-refractivity contribution in [3.05, 3.63) is 58.6 Å². The minimum atomic E-state index is -0.0123. The van der Waals surface area contributed by atoms with Gasteiger partial charge in [-0.25, -0.2) is 9.78 Å². The molecule has 1 fully saturated rings. The summed E-state index contributed by atoms with van der Waals surface area (Å²) in [4.78, 5) is 21.3. The van der Waals surface area contributed by atoms with E-state index >= 15 is 0 Å². The van der Waals surface area contributed by atoms with Crippen LogP contribution in [0, 0.1) is 6.92 Å². The Morgan fingerprint density at radius 3 is 2.59 bits per heavy atom. The van der Waals surface area contributed by atoms with Gasteiger partial charge in [-0.05, 0) is 24.1 Å². The van der Waals surface area contributed by atoms with Gasteiger partial charge in [-0.3, -0.25) is 0 Å². The van der Waals surface area contributed by atoms with Crippen LogP contribution in [0.25, 0.3) is 10.2 Å². The van der Waals surface area contributed by atoms with Crippen LogP contribution >= 0.6 is 22.9 Å². The second-order valence-corrected chi connectivity index (χ2v) is 8.04. The number of thiazole rings is 1. The van der Waals surface area contributed by atoms with Crippen molar-refractivity contribution in [3.8, 4) is 0 Å². The zero-order valence-corrected chi connectivity index (χ0v) is 16.7. The summed E-state index contributed by atoms with van der Waals surface area (Å²) in [5, 5.41) is 4.72. The molecule has 2 heterocycles. The van der Waals surface area contributed by atoms with E-state index in [2.05, 4.69) is 17.1 Å². The molecule has 140 valence electrons. The molecule has 2 amide bonds. The van der Waals surface area contributed by atoms with Crippen LogP contribution in [0.4, 0.5) is 9.93 Å². The number of piperazine rings is 1. The van der Waals surface area contributed by atoms with Gasteiger partial charge in [0.05, 0.1) is 15.2 Å². The fourth-order valence-electron chi connectivity index (χ4n) is 3.21. The van der Waals surface area contributed by atoms with Gasteiger partial charge in [-0.1, -0.05) is 59.3 Å². The van der Waals surface area contributed by atoms with Gasteiger partial charge in [0.15, 0.2) is 5.13 Å². The van der Waals surface area contributed by atoms with Crippen LogP contribution < -0.4 is 10.2 Å². The number of hydrogen-bond donors (Lipinski definition) is 1. The van der Waals surface area contributed by atoms with Gasteiger partial charge in [0, 0.05) is 32.7 Å². The van der Waals surface area contributed by atoms with Crippen molar-refractivity contribution in [2.24, 2.45) is 0 Å². The highest BCUT2D eigenvalue weighted by molar-refractivity contribution is 7.22. The Morgan fingerprint density at radius 1 is 1.15 bits per heavy atom. The highest BCUT2D eigenvalue weighted by Gasteiger charge is 2.23. The lowest BCUT2D eigenvalue weighted by molar-refractivity contribution is 0.194. The van der Waals surface area contributed by atoms with Gasteiger partial charge in [0.2, 0.25) is 0 Å². The summed E-state index contributed by atoms with van der Waals surface area (Å²) in [6.45, 7) is 5.52. The molecule has 27 heavy (non-hydrogen) atoms. The Kier molecular flexibility index (Phi) is 5.18. The Labute approximate surface area is 167 Å². The first-order valence-corrected chi connectivity index (χ1v) is 10.2. The standard InChI is InChI=1S/C20H21ClN4OS/c1-14-7-8-16(21)18-17(14)23-20(27-18)25-11-9-24(10-12-25)19(26)22-13-15-5-3-2-4-6-15/h2-8H,9-13H2,1H3,(H,22,26). The van der Waals surface area contributed by atoms with E-state index in [-0.39, 0.29) is 6.03 Å². The van der Waals surface area contributed by atoms with Gasteiger partial charge in [-0.2, -0.15) is 0 Å². The van der Waals surface area contributed by atoms with E-state index < -0.39 is 0 Å². The van der Waals surface area contributed by atoms with Crippen LogP contribution in [0.15, 0.2) is 42.5 Å². The van der Waals surface area contributed by atoms with Crippen LogP contribution in [-0.4, -0.2) is 42.1 Å². The number of halogens is 1. The number of carbonyl (C=O) groups is 1. The van der Waals surface area contributed by atoms with E-state index in [0.29, 0.717) is 19.6 Å². The first-order chi connectivity index (χ1) is 13.1. The molecule has 0 atom stereocenters. The van der Waals surface area contributed by atoms with Crippen molar-refractivity contribution in [2.45, 2.75) is 13.5 Å². The molecule has 4 rings (SSSR count). The maximum Gasteiger partial charge on any atom is 0.317 e. The van der Waals surface area contributed by atoms with Crippen LogP contribution in [0.2, 0.25) is 5.02 Å². The SMILES string of the molecule is Cc1ccc(Cl)c2sc(N3CCN(C(=O)NCc4ccccc4)CC3)nc12. The van der Waals surface area contributed by atoms with E-state index in [1.807, 2.05) is 47.4 Å². The van der Waals surface area contributed by atoms with Crippen molar-refractivity contribution in [1.82, 2.24) is 15.2 Å². The number of nitrogens with one attached hydrogen (secondary N) is 1. The zero-order chi connectivity index (χ0) is 18.8. The van der Waals surface area contributed by atoms with Crippen LogP contribution in [-0.2, 0) is 6.54 Å². The molecular weight excluding hydrogens is 380 g/mol. The van der Waals surface area contributed by atoms with Gasteiger partial charge in [-0.15, -0.1) is 0 Å². The molecule has 1 saturated heterocycles. The maximum absolute atomic E-state index is 12.4. The molecular formula is C20H21ClN4OS. The number of urea groups is 1. The highest BCUT2D eigenvalue weighted by Crippen LogP contribution is 2.35. The van der Waals surface area contributed by atoms with Crippen LogP contribution in [0.3, 0.4) is 0 Å². The summed E-state index contributed by atoms with van der Waals surface area (Å²) < 4.78 is 1.04. The Morgan fingerprint density at radius 2 is 1.89 bits per heavy atom. The average Bonchev–Trinajstić information content (AvgIpc) is 3.17. The molecule has 7 heteroatoms. The molecule has 0 bridgehead atoms. The molecule has 0 radical (unpaired) electrons. The number of anilines is 1. The number of fused-ring (bicyclic) bond motifs is 1. The van der Waals surface area contributed by atoms with Crippen molar-refractivity contribution < 1.29 is 4.79 Å². The lowest BCUT2D eigenvalue weighted by Gasteiger charge is -2.34. The van der Waals surface area contributed by atoms with Gasteiger partial charge >= 0.3 is 6.03 Å². The van der Waals surface area contributed by atoms with Gasteiger partial charge in [0.1, 0.15) is 0 Å². The maximum atomic E-state index is 12.4. The Hall–Kier alpha value is -2.31. The first-order valence-electron chi connectivity index (χ1n) is 8.99. The van der Waals surface area contributed by atoms with Crippen molar-refractivity contribution in [1.29, 1.82) is 0 Å². The summed E-state index contributed by atoms with van der Waals surface area (Å²) in [5.74, 6) is 0. The minimum absolute atomic E-state index is 0.0123. The van der Waals surface area contributed by atoms with E-state index in [9.17, 15) is 4.79 Å². The number of carbonyl (C=O) groups excluding carboxylic acids is 1. The Bertz CT molecular complexity index is 912. The number of aryl methyl sites for hydroxylation is 1. The second kappa shape index (κ2) is 7.74. The predicted molar refractivity (Wildman–Crippen MR) is 112 cm³/mol. The number of rotatable bonds is 3. The molecule has 0 spiro atoms. The number of nitrogens with zero attached hydrogens (tertiary/aromatic N) is 3. The third-order valence-corrected chi connectivity index (χ3v) is 6.39. The highest BCUT2D eigenvalue weighted by atomic mass is 35.5. The predicted octanol–water partition coefficient (Wildman–Crippen LogP) is 4.29. The average molecular weight is 401 g/mol. The largest absolute Gasteiger partial charge is 0.345 e. The smallest absolute Gasteiger partial charge is 0.317 e. The summed E-state index contributed by atoms with van der Waals surface area (Å²) >= 11 is 7.95. The van der Waals surface area contributed by atoms with Crippen LogP contribution in [0.5, 0.6) is 0 Å². The number of benzene rings is 2. The third kappa shape index (κ3) is 3.87. The van der Waals surface area contributed by atoms with Crippen molar-refractivity contribution in [2.75, 3.05) is 31.1 Å². The number of hydrogen-bond acceptors (Lipinski definition) is 4. The fourth-order valence-corrected chi connectivity index (χ4v) is 4.58. The zero-order valence-electron chi connectivity index (χ0n) is 15.1. The first kappa shape index (κ1) is 18.1. The molecule has 1 aromatic heterocycles. The molecule has 1 aliphatic heterocycles. The molecule has 0 unspecified atom stereocenters. The van der Waals surface area contributed by atoms with E-state index in [4.69, 9.17) is 16.6 Å². The summed E-state index contributed by atoms with van der Waals surface area (Å²) in [6, 6.07) is 13.9. The lowest BCUT2D eigenvalue weighted by Crippen LogP contribution is -2.51. The molecule has 0 aliphatic carbocycles. The topological polar surface area (TPSA) is 48.5 Å². The number of aromatic nitrogens is 1. The third-order valence-electron chi connectivity index (χ3n) is 4.81. The van der Waals surface area contributed by atoms with Crippen LogP contribution in [0.1, 0.15) is 11.1 Å². The lowest BCUT2D eigenvalue weighted by atomic mass is 10.2. The van der Waals surface area contributed by atoms with E-state index in [1.54, 1.807) is 11.3 Å². The molecule has 2 aromatic carbocycles. The molecule has 5 nitrogen and oxygen atoms in total. The molecule has 1 N–H and O–H groups in total.